The summed E-state index contributed by atoms with van der Waals surface area (Å²) < 4.78 is 25.1. The molecule has 0 spiro atoms. The molecule has 0 heterocycles. The van der Waals surface area contributed by atoms with Gasteiger partial charge in [0.05, 0.1) is 11.2 Å². The molecule has 5 nitrogen and oxygen atoms in total. The van der Waals surface area contributed by atoms with Crippen molar-refractivity contribution in [3.8, 4) is 17.2 Å². The summed E-state index contributed by atoms with van der Waals surface area (Å²) in [7, 11) is -2.79. The van der Waals surface area contributed by atoms with Crippen molar-refractivity contribution in [1.82, 2.24) is 0 Å². The maximum Gasteiger partial charge on any atom is 0.328 e. The molecule has 1 aromatic rings. The number of carboxylic acid groups (broad SMARTS) is 1. The van der Waals surface area contributed by atoms with Crippen molar-refractivity contribution in [2.75, 3.05) is 7.04 Å². The van der Waals surface area contributed by atoms with E-state index in [1.807, 2.05) is 0 Å². The zero-order chi connectivity index (χ0) is 13.9. The van der Waals surface area contributed by atoms with E-state index in [1.54, 1.807) is 0 Å². The van der Waals surface area contributed by atoms with Crippen LogP contribution in [0.2, 0.25) is 0 Å². The highest BCUT2D eigenvalue weighted by molar-refractivity contribution is 5.85. The van der Waals surface area contributed by atoms with Crippen LogP contribution in [0.1, 0.15) is 9.68 Å². The predicted molar refractivity (Wildman–Crippen MR) is 53.0 cm³/mol. The normalized spacial score (nSPS) is 14.3. The molecule has 1 aromatic carbocycles. The fraction of sp³-hybridized carbons (Fsp3) is 0.100. The minimum Gasteiger partial charge on any atom is -0.504 e. The number of carbonyl (C=O) groups is 1. The second-order valence-corrected chi connectivity index (χ2v) is 2.66. The Labute approximate surface area is 90.1 Å². The van der Waals surface area contributed by atoms with Crippen molar-refractivity contribution in [3.63, 3.8) is 0 Å². The lowest BCUT2D eigenvalue weighted by Gasteiger charge is -2.05. The highest BCUT2D eigenvalue weighted by Gasteiger charge is 2.08. The lowest BCUT2D eigenvalue weighted by molar-refractivity contribution is -0.131. The number of phenolic OH excluding ortho intramolecular Hbond substituents is 2. The summed E-state index contributed by atoms with van der Waals surface area (Å²) in [5, 5.41) is 27.2. The van der Waals surface area contributed by atoms with Crippen LogP contribution in [0.4, 0.5) is 0 Å². The molecule has 0 saturated carbocycles. The van der Waals surface area contributed by atoms with E-state index in [4.69, 9.17) is 9.22 Å². The third kappa shape index (κ3) is 2.63. The average Bonchev–Trinajstić information content (AvgIpc) is 2.20. The Hall–Kier alpha value is -2.17. The number of hydrogen-bond acceptors (Lipinski definition) is 4. The smallest absolute Gasteiger partial charge is 0.328 e. The first-order valence-corrected chi connectivity index (χ1v) is 3.85. The van der Waals surface area contributed by atoms with E-state index >= 15 is 0 Å². The van der Waals surface area contributed by atoms with Gasteiger partial charge in [0.1, 0.15) is 0 Å². The van der Waals surface area contributed by atoms with Crippen molar-refractivity contribution in [2.45, 2.75) is 0 Å². The minimum atomic E-state index is -2.79. The first-order chi connectivity index (χ1) is 8.19. The molecule has 0 unspecified atom stereocenters. The van der Waals surface area contributed by atoms with Crippen LogP contribution in [-0.4, -0.2) is 28.3 Å². The van der Waals surface area contributed by atoms with Gasteiger partial charge in [0.15, 0.2) is 11.5 Å². The zero-order valence-electron chi connectivity index (χ0n) is 10.5. The maximum absolute atomic E-state index is 10.3. The summed E-state index contributed by atoms with van der Waals surface area (Å²) in [6, 6.07) is 2.17. The van der Waals surface area contributed by atoms with Crippen LogP contribution < -0.4 is 4.74 Å². The van der Waals surface area contributed by atoms with Gasteiger partial charge in [0.2, 0.25) is 5.75 Å². The summed E-state index contributed by atoms with van der Waals surface area (Å²) in [6.45, 7) is 0. The quantitative estimate of drug-likeness (QED) is 0.518. The molecule has 0 amide bonds. The van der Waals surface area contributed by atoms with Gasteiger partial charge in [-0.15, -0.1) is 0 Å². The molecule has 0 aliphatic carbocycles. The van der Waals surface area contributed by atoms with E-state index in [0.717, 1.165) is 24.3 Å². The molecule has 3 N–H and O–H groups in total. The fourth-order valence-electron chi connectivity index (χ4n) is 0.955. The molecule has 15 heavy (non-hydrogen) atoms. The minimum absolute atomic E-state index is 0.173. The Morgan fingerprint density at radius 3 is 2.87 bits per heavy atom. The molecule has 0 aromatic heterocycles. The van der Waals surface area contributed by atoms with Gasteiger partial charge >= 0.3 is 5.97 Å². The Morgan fingerprint density at radius 1 is 1.53 bits per heavy atom. The summed E-state index contributed by atoms with van der Waals surface area (Å²) in [6.07, 6.45) is 1.92. The van der Waals surface area contributed by atoms with E-state index in [2.05, 4.69) is 4.74 Å². The molecule has 0 bridgehead atoms. The second-order valence-electron chi connectivity index (χ2n) is 2.66. The summed E-state index contributed by atoms with van der Waals surface area (Å²) in [5.74, 6) is -3.00. The summed E-state index contributed by atoms with van der Waals surface area (Å²) >= 11 is 0. The van der Waals surface area contributed by atoms with Crippen molar-refractivity contribution in [3.05, 3.63) is 23.8 Å². The van der Waals surface area contributed by atoms with Gasteiger partial charge in [-0.2, -0.15) is 0 Å². The van der Waals surface area contributed by atoms with Gasteiger partial charge in [-0.05, 0) is 23.8 Å². The number of hydrogen-bond donors (Lipinski definition) is 3. The number of aliphatic carboxylic acids is 1. The van der Waals surface area contributed by atoms with Gasteiger partial charge in [0, 0.05) is 6.08 Å². The lowest BCUT2D eigenvalue weighted by Crippen LogP contribution is -1.88. The molecule has 0 aliphatic rings. The molecular weight excluding hydrogens is 200 g/mol. The van der Waals surface area contributed by atoms with Gasteiger partial charge < -0.3 is 20.1 Å². The molecule has 0 radical (unpaired) electrons. The maximum atomic E-state index is 10.3. The molecule has 0 saturated heterocycles. The van der Waals surface area contributed by atoms with Gasteiger partial charge in [-0.1, -0.05) is 0 Å². The standard InChI is InChI=1S/C10H10O5/c1-15-8-5-6(2-3-9(12)13)4-7(11)10(8)14/h2-5,11,14H,1H3,(H,12,13)/b3-2+/i1D3. The molecule has 1 rings (SSSR count). The second kappa shape index (κ2) is 4.36. The van der Waals surface area contributed by atoms with Crippen LogP contribution in [0, 0.1) is 0 Å². The lowest BCUT2D eigenvalue weighted by atomic mass is 10.1. The number of aromatic hydroxyl groups is 2. The third-order valence-electron chi connectivity index (χ3n) is 1.61. The van der Waals surface area contributed by atoms with Crippen LogP contribution in [0.3, 0.4) is 0 Å². The van der Waals surface area contributed by atoms with Gasteiger partial charge in [-0.3, -0.25) is 0 Å². The summed E-state index contributed by atoms with van der Waals surface area (Å²) in [5.41, 5.74) is 0.173. The van der Waals surface area contributed by atoms with Gasteiger partial charge in [0.25, 0.3) is 0 Å². The zero-order valence-corrected chi connectivity index (χ0v) is 7.47. The van der Waals surface area contributed by atoms with E-state index in [0.29, 0.717) is 0 Å². The number of ether oxygens (including phenoxy) is 1. The van der Waals surface area contributed by atoms with E-state index in [-0.39, 0.29) is 5.56 Å². The summed E-state index contributed by atoms with van der Waals surface area (Å²) in [4.78, 5) is 10.3. The molecule has 80 valence electrons. The molecule has 0 aliphatic heterocycles. The highest BCUT2D eigenvalue weighted by atomic mass is 16.5. The number of methoxy groups -OCH3 is 1. The van der Waals surface area contributed by atoms with Crippen LogP contribution >= 0.6 is 0 Å². The molecular formula is C10H10O5. The first-order valence-electron chi connectivity index (χ1n) is 5.35. The highest BCUT2D eigenvalue weighted by Crippen LogP contribution is 2.36. The largest absolute Gasteiger partial charge is 0.504 e. The fourth-order valence-corrected chi connectivity index (χ4v) is 0.955. The van der Waals surface area contributed by atoms with Gasteiger partial charge in [-0.25, -0.2) is 4.79 Å². The van der Waals surface area contributed by atoms with Crippen molar-refractivity contribution >= 4 is 12.0 Å². The first kappa shape index (κ1) is 7.17. The third-order valence-corrected chi connectivity index (χ3v) is 1.61. The average molecular weight is 213 g/mol. The van der Waals surface area contributed by atoms with Crippen LogP contribution in [0.15, 0.2) is 18.2 Å². The van der Waals surface area contributed by atoms with E-state index in [1.165, 1.54) is 0 Å². The van der Waals surface area contributed by atoms with Crippen molar-refractivity contribution < 1.29 is 29.0 Å². The Balaban J connectivity index is 3.14. The molecule has 0 fully saturated rings. The topological polar surface area (TPSA) is 87.0 Å². The van der Waals surface area contributed by atoms with Crippen molar-refractivity contribution in [2.24, 2.45) is 0 Å². The number of rotatable bonds is 3. The SMILES string of the molecule is [2H]C([2H])([2H])Oc1cc(/C=C/C(=O)O)cc(O)c1O. The number of carboxylic acids is 1. The number of benzene rings is 1. The van der Waals surface area contributed by atoms with Crippen molar-refractivity contribution in [1.29, 1.82) is 0 Å². The Bertz CT molecular complexity index is 493. The monoisotopic (exact) mass is 213 g/mol. The molecule has 5 heteroatoms. The van der Waals surface area contributed by atoms with Crippen LogP contribution in [-0.2, 0) is 4.79 Å². The Morgan fingerprint density at radius 2 is 2.27 bits per heavy atom. The van der Waals surface area contributed by atoms with E-state index < -0.39 is 30.3 Å². The predicted octanol–water partition coefficient (Wildman–Crippen LogP) is 1.20. The van der Waals surface area contributed by atoms with Crippen LogP contribution in [0.5, 0.6) is 17.2 Å². The Kier molecular flexibility index (Phi) is 2.08. The molecule has 0 atom stereocenters. The van der Waals surface area contributed by atoms with Crippen LogP contribution in [0.25, 0.3) is 6.08 Å². The number of phenols is 2. The van der Waals surface area contributed by atoms with E-state index in [9.17, 15) is 15.0 Å².